The van der Waals surface area contributed by atoms with E-state index in [2.05, 4.69) is 21.2 Å². The Kier molecular flexibility index (Phi) is 3.77. The predicted molar refractivity (Wildman–Crippen MR) is 74.3 cm³/mol. The summed E-state index contributed by atoms with van der Waals surface area (Å²) in [5.74, 6) is -0.577. The molecule has 0 aromatic heterocycles. The van der Waals surface area contributed by atoms with Crippen molar-refractivity contribution in [2.24, 2.45) is 5.92 Å². The van der Waals surface area contributed by atoms with Crippen LogP contribution >= 0.6 is 15.9 Å². The van der Waals surface area contributed by atoms with Crippen molar-refractivity contribution in [2.75, 3.05) is 16.8 Å². The van der Waals surface area contributed by atoms with E-state index in [1.54, 1.807) is 0 Å². The summed E-state index contributed by atoms with van der Waals surface area (Å²) < 4.78 is 23.5. The smallest absolute Gasteiger partial charge is 0.228 e. The van der Waals surface area contributed by atoms with Gasteiger partial charge in [-0.3, -0.25) is 4.79 Å². The van der Waals surface area contributed by atoms with E-state index >= 15 is 0 Å². The quantitative estimate of drug-likeness (QED) is 0.902. The summed E-state index contributed by atoms with van der Waals surface area (Å²) in [6, 6.07) is 5.64. The second-order valence-corrected chi connectivity index (χ2v) is 7.66. The van der Waals surface area contributed by atoms with Crippen molar-refractivity contribution in [1.29, 1.82) is 0 Å². The molecule has 1 heterocycles. The minimum absolute atomic E-state index is 0.0394. The lowest BCUT2D eigenvalue weighted by atomic mass is 10.1. The minimum Gasteiger partial charge on any atom is -0.325 e. The number of aryl methyl sites for hydroxylation is 1. The maximum Gasteiger partial charge on any atom is 0.228 e. The zero-order valence-electron chi connectivity index (χ0n) is 9.94. The van der Waals surface area contributed by atoms with E-state index in [4.69, 9.17) is 0 Å². The molecule has 1 atom stereocenters. The van der Waals surface area contributed by atoms with Gasteiger partial charge in [0.05, 0.1) is 23.1 Å². The lowest BCUT2D eigenvalue weighted by molar-refractivity contribution is -0.119. The Balaban J connectivity index is 2.10. The average molecular weight is 332 g/mol. The van der Waals surface area contributed by atoms with Crippen molar-refractivity contribution in [3.05, 3.63) is 28.2 Å². The molecule has 98 valence electrons. The molecule has 0 saturated carbocycles. The Morgan fingerprint density at radius 3 is 2.78 bits per heavy atom. The van der Waals surface area contributed by atoms with Gasteiger partial charge >= 0.3 is 0 Å². The van der Waals surface area contributed by atoms with Crippen LogP contribution in [0.3, 0.4) is 0 Å². The summed E-state index contributed by atoms with van der Waals surface area (Å²) in [6.45, 7) is 1.93. The Hall–Kier alpha value is -0.880. The van der Waals surface area contributed by atoms with Crippen LogP contribution in [0.4, 0.5) is 5.69 Å². The van der Waals surface area contributed by atoms with E-state index in [0.717, 1.165) is 10.0 Å². The number of carbonyl (C=O) groups is 1. The second-order valence-electron chi connectivity index (χ2n) is 4.57. The average Bonchev–Trinajstić information content (AvgIpc) is 2.64. The number of sulfone groups is 1. The Morgan fingerprint density at radius 2 is 2.17 bits per heavy atom. The number of hydrogen-bond acceptors (Lipinski definition) is 3. The third kappa shape index (κ3) is 3.11. The van der Waals surface area contributed by atoms with Gasteiger partial charge in [0, 0.05) is 4.47 Å². The summed E-state index contributed by atoms with van der Waals surface area (Å²) in [6.07, 6.45) is 0.414. The molecule has 6 heteroatoms. The zero-order chi connectivity index (χ0) is 13.3. The standard InChI is InChI=1S/C12H14BrNO3S/c1-8-2-3-10(13)11(6-8)14-12(15)9-4-5-18(16,17)7-9/h2-3,6,9H,4-5,7H2,1H3,(H,14,15). The largest absolute Gasteiger partial charge is 0.325 e. The number of nitrogens with one attached hydrogen (secondary N) is 1. The van der Waals surface area contributed by atoms with Gasteiger partial charge in [-0.2, -0.15) is 0 Å². The van der Waals surface area contributed by atoms with Crippen molar-refractivity contribution >= 4 is 37.4 Å². The molecule has 0 radical (unpaired) electrons. The summed E-state index contributed by atoms with van der Waals surface area (Å²) >= 11 is 3.36. The molecule has 1 fully saturated rings. The molecular weight excluding hydrogens is 318 g/mol. The summed E-state index contributed by atoms with van der Waals surface area (Å²) in [7, 11) is -3.02. The number of anilines is 1. The Bertz CT molecular complexity index is 583. The van der Waals surface area contributed by atoms with Gasteiger partial charge in [-0.25, -0.2) is 8.42 Å². The van der Waals surface area contributed by atoms with Crippen LogP contribution in [0.2, 0.25) is 0 Å². The van der Waals surface area contributed by atoms with Gasteiger partial charge in [0.15, 0.2) is 9.84 Å². The summed E-state index contributed by atoms with van der Waals surface area (Å²) in [5, 5.41) is 2.78. The first kappa shape index (κ1) is 13.5. The number of benzene rings is 1. The van der Waals surface area contributed by atoms with Crippen LogP contribution < -0.4 is 5.32 Å². The summed E-state index contributed by atoms with van der Waals surface area (Å²) in [4.78, 5) is 12.0. The van der Waals surface area contributed by atoms with Gasteiger partial charge in [-0.05, 0) is 47.0 Å². The van der Waals surface area contributed by atoms with Crippen molar-refractivity contribution in [2.45, 2.75) is 13.3 Å². The van der Waals surface area contributed by atoms with E-state index in [1.807, 2.05) is 25.1 Å². The fraction of sp³-hybridized carbons (Fsp3) is 0.417. The summed E-state index contributed by atoms with van der Waals surface area (Å²) in [5.41, 5.74) is 1.72. The second kappa shape index (κ2) is 5.01. The highest BCUT2D eigenvalue weighted by atomic mass is 79.9. The highest BCUT2D eigenvalue weighted by Gasteiger charge is 2.33. The highest BCUT2D eigenvalue weighted by molar-refractivity contribution is 9.10. The fourth-order valence-electron chi connectivity index (χ4n) is 1.97. The SMILES string of the molecule is Cc1ccc(Br)c(NC(=O)C2CCS(=O)(=O)C2)c1. The number of amides is 1. The van der Waals surface area contributed by atoms with E-state index in [-0.39, 0.29) is 17.4 Å². The number of carbonyl (C=O) groups excluding carboxylic acids is 1. The van der Waals surface area contributed by atoms with Crippen molar-refractivity contribution < 1.29 is 13.2 Å². The first-order valence-electron chi connectivity index (χ1n) is 5.65. The molecule has 1 unspecified atom stereocenters. The Labute approximate surface area is 115 Å². The first-order chi connectivity index (χ1) is 8.37. The zero-order valence-corrected chi connectivity index (χ0v) is 12.3. The van der Waals surface area contributed by atoms with Gasteiger partial charge in [0.25, 0.3) is 0 Å². The topological polar surface area (TPSA) is 63.2 Å². The molecule has 1 aliphatic heterocycles. The number of halogens is 1. The number of hydrogen-bond donors (Lipinski definition) is 1. The normalized spacial score (nSPS) is 21.8. The van der Waals surface area contributed by atoms with E-state index in [0.29, 0.717) is 12.1 Å². The first-order valence-corrected chi connectivity index (χ1v) is 8.26. The third-order valence-corrected chi connectivity index (χ3v) is 5.44. The van der Waals surface area contributed by atoms with Gasteiger partial charge in [-0.15, -0.1) is 0 Å². The number of rotatable bonds is 2. The molecule has 0 bridgehead atoms. The molecular formula is C12H14BrNO3S. The molecule has 0 aliphatic carbocycles. The lowest BCUT2D eigenvalue weighted by Gasteiger charge is -2.11. The molecule has 4 nitrogen and oxygen atoms in total. The van der Waals surface area contributed by atoms with Crippen LogP contribution in [0.25, 0.3) is 0 Å². The predicted octanol–water partition coefficient (Wildman–Crippen LogP) is 2.13. The van der Waals surface area contributed by atoms with Gasteiger partial charge < -0.3 is 5.32 Å². The lowest BCUT2D eigenvalue weighted by Crippen LogP contribution is -2.23. The molecule has 1 aromatic carbocycles. The molecule has 1 aliphatic rings. The third-order valence-electron chi connectivity index (χ3n) is 2.98. The van der Waals surface area contributed by atoms with E-state index in [9.17, 15) is 13.2 Å². The molecule has 1 saturated heterocycles. The van der Waals surface area contributed by atoms with Crippen LogP contribution in [-0.4, -0.2) is 25.8 Å². The molecule has 1 amide bonds. The van der Waals surface area contributed by atoms with Crippen LogP contribution in [0.1, 0.15) is 12.0 Å². The van der Waals surface area contributed by atoms with Crippen LogP contribution in [-0.2, 0) is 14.6 Å². The maximum absolute atomic E-state index is 12.0. The van der Waals surface area contributed by atoms with E-state index in [1.165, 1.54) is 0 Å². The van der Waals surface area contributed by atoms with Crippen LogP contribution in [0, 0.1) is 12.8 Å². The van der Waals surface area contributed by atoms with Crippen molar-refractivity contribution in [3.63, 3.8) is 0 Å². The van der Waals surface area contributed by atoms with E-state index < -0.39 is 15.8 Å². The van der Waals surface area contributed by atoms with Crippen LogP contribution in [0.5, 0.6) is 0 Å². The minimum atomic E-state index is -3.02. The van der Waals surface area contributed by atoms with Crippen LogP contribution in [0.15, 0.2) is 22.7 Å². The van der Waals surface area contributed by atoms with Crippen molar-refractivity contribution in [1.82, 2.24) is 0 Å². The molecule has 1 aromatic rings. The van der Waals surface area contributed by atoms with Crippen molar-refractivity contribution in [3.8, 4) is 0 Å². The molecule has 0 spiro atoms. The highest BCUT2D eigenvalue weighted by Crippen LogP contribution is 2.26. The van der Waals surface area contributed by atoms with Gasteiger partial charge in [0.2, 0.25) is 5.91 Å². The monoisotopic (exact) mass is 331 g/mol. The Morgan fingerprint density at radius 1 is 1.44 bits per heavy atom. The fourth-order valence-corrected chi connectivity index (χ4v) is 4.06. The maximum atomic E-state index is 12.0. The molecule has 1 N–H and O–H groups in total. The molecule has 18 heavy (non-hydrogen) atoms. The van der Waals surface area contributed by atoms with Gasteiger partial charge in [-0.1, -0.05) is 6.07 Å². The van der Waals surface area contributed by atoms with Gasteiger partial charge in [0.1, 0.15) is 0 Å². The molecule has 2 rings (SSSR count).